The van der Waals surface area contributed by atoms with Crippen molar-refractivity contribution in [2.45, 2.75) is 59.4 Å². The van der Waals surface area contributed by atoms with E-state index in [9.17, 15) is 4.79 Å². The summed E-state index contributed by atoms with van der Waals surface area (Å²) in [5.74, 6) is -0.354. The maximum absolute atomic E-state index is 11.2. The van der Waals surface area contributed by atoms with Crippen molar-refractivity contribution in [2.75, 3.05) is 0 Å². The fourth-order valence-corrected chi connectivity index (χ4v) is 1.80. The van der Waals surface area contributed by atoms with Crippen LogP contribution in [0.1, 0.15) is 41.0 Å². The first-order valence-corrected chi connectivity index (χ1v) is 5.54. The molecule has 0 aliphatic carbocycles. The quantitative estimate of drug-likeness (QED) is 0.386. The van der Waals surface area contributed by atoms with Gasteiger partial charge in [0, 0.05) is 18.2 Å². The summed E-state index contributed by atoms with van der Waals surface area (Å²) < 4.78 is 5.30. The predicted octanol–water partition coefficient (Wildman–Crippen LogP) is 2.57. The first-order valence-electron chi connectivity index (χ1n) is 5.54. The van der Waals surface area contributed by atoms with Crippen LogP contribution in [0.25, 0.3) is 0 Å². The van der Waals surface area contributed by atoms with Gasteiger partial charge in [0.05, 0.1) is 0 Å². The molecule has 0 bridgehead atoms. The molecule has 0 radical (unpaired) electrons. The summed E-state index contributed by atoms with van der Waals surface area (Å²) in [6.45, 7) is 13.8. The number of rotatable bonds is 6. The van der Waals surface area contributed by atoms with E-state index in [-0.39, 0.29) is 12.2 Å². The van der Waals surface area contributed by atoms with Crippen molar-refractivity contribution in [1.82, 2.24) is 4.90 Å². The van der Waals surface area contributed by atoms with E-state index in [4.69, 9.17) is 4.74 Å². The Kier molecular flexibility index (Phi) is 6.25. The molecule has 0 N–H and O–H groups in total. The summed E-state index contributed by atoms with van der Waals surface area (Å²) in [7, 11) is 0. The van der Waals surface area contributed by atoms with Gasteiger partial charge in [-0.3, -0.25) is 4.90 Å². The zero-order chi connectivity index (χ0) is 12.0. The molecule has 3 nitrogen and oxygen atoms in total. The highest BCUT2D eigenvalue weighted by Gasteiger charge is 2.24. The molecule has 0 amide bonds. The zero-order valence-corrected chi connectivity index (χ0v) is 10.5. The molecular weight excluding hydrogens is 190 g/mol. The van der Waals surface area contributed by atoms with Gasteiger partial charge in [0.15, 0.2) is 6.23 Å². The van der Waals surface area contributed by atoms with E-state index < -0.39 is 0 Å². The molecule has 0 aromatic rings. The van der Waals surface area contributed by atoms with E-state index in [2.05, 4.69) is 39.2 Å². The second kappa shape index (κ2) is 6.62. The third-order valence-corrected chi connectivity index (χ3v) is 2.29. The molecule has 0 saturated carbocycles. The van der Waals surface area contributed by atoms with E-state index >= 15 is 0 Å². The second-order valence-corrected chi connectivity index (χ2v) is 4.14. The molecule has 0 aromatic heterocycles. The summed E-state index contributed by atoms with van der Waals surface area (Å²) in [5.41, 5.74) is 0. The van der Waals surface area contributed by atoms with Crippen molar-refractivity contribution in [1.29, 1.82) is 0 Å². The van der Waals surface area contributed by atoms with Gasteiger partial charge in [-0.15, -0.1) is 0 Å². The minimum absolute atomic E-state index is 0.157. The summed E-state index contributed by atoms with van der Waals surface area (Å²) in [6.07, 6.45) is 1.84. The standard InChI is InChI=1S/C12H23NO2/c1-7-11(15-12(14)8-2)13(9(3)4)10(5)6/h8-11H,2,7H2,1,3-6H3. The Balaban J connectivity index is 4.59. The second-order valence-electron chi connectivity index (χ2n) is 4.14. The Hall–Kier alpha value is -0.830. The number of hydrogen-bond donors (Lipinski definition) is 0. The summed E-state index contributed by atoms with van der Waals surface area (Å²) in [4.78, 5) is 13.3. The van der Waals surface area contributed by atoms with Gasteiger partial charge in [-0.25, -0.2) is 4.79 Å². The minimum Gasteiger partial charge on any atom is -0.443 e. The van der Waals surface area contributed by atoms with Crippen LogP contribution >= 0.6 is 0 Å². The first kappa shape index (κ1) is 14.2. The van der Waals surface area contributed by atoms with Gasteiger partial charge in [0.2, 0.25) is 0 Å². The Morgan fingerprint density at radius 3 is 2.07 bits per heavy atom. The third-order valence-electron chi connectivity index (χ3n) is 2.29. The number of ether oxygens (including phenoxy) is 1. The van der Waals surface area contributed by atoms with Crippen molar-refractivity contribution in [3.63, 3.8) is 0 Å². The molecule has 0 aromatic carbocycles. The van der Waals surface area contributed by atoms with Crippen LogP contribution in [-0.2, 0) is 9.53 Å². The van der Waals surface area contributed by atoms with E-state index in [0.717, 1.165) is 6.42 Å². The van der Waals surface area contributed by atoms with E-state index in [0.29, 0.717) is 12.1 Å². The molecule has 0 rings (SSSR count). The zero-order valence-electron chi connectivity index (χ0n) is 10.5. The normalized spacial score (nSPS) is 13.3. The van der Waals surface area contributed by atoms with Crippen molar-refractivity contribution >= 4 is 5.97 Å². The average molecular weight is 213 g/mol. The number of nitrogens with zero attached hydrogens (tertiary/aromatic N) is 1. The van der Waals surface area contributed by atoms with Crippen molar-refractivity contribution in [2.24, 2.45) is 0 Å². The van der Waals surface area contributed by atoms with Gasteiger partial charge < -0.3 is 4.74 Å². The molecule has 0 fully saturated rings. The lowest BCUT2D eigenvalue weighted by molar-refractivity contribution is -0.157. The lowest BCUT2D eigenvalue weighted by Gasteiger charge is -2.36. The number of carbonyl (C=O) groups is 1. The molecule has 1 unspecified atom stereocenters. The van der Waals surface area contributed by atoms with Crippen LogP contribution in [0.4, 0.5) is 0 Å². The lowest BCUT2D eigenvalue weighted by Crippen LogP contribution is -2.46. The summed E-state index contributed by atoms with van der Waals surface area (Å²) in [5, 5.41) is 0. The smallest absolute Gasteiger partial charge is 0.331 e. The Labute approximate surface area is 93.1 Å². The topological polar surface area (TPSA) is 29.5 Å². The monoisotopic (exact) mass is 213 g/mol. The molecule has 0 spiro atoms. The highest BCUT2D eigenvalue weighted by Crippen LogP contribution is 2.14. The average Bonchev–Trinajstić information content (AvgIpc) is 2.15. The van der Waals surface area contributed by atoms with Crippen molar-refractivity contribution in [3.8, 4) is 0 Å². The molecule has 3 heteroatoms. The predicted molar refractivity (Wildman–Crippen MR) is 62.5 cm³/mol. The maximum Gasteiger partial charge on any atom is 0.331 e. The molecular formula is C12H23NO2. The van der Waals surface area contributed by atoms with E-state index in [1.165, 1.54) is 6.08 Å². The third kappa shape index (κ3) is 4.47. The molecule has 0 heterocycles. The number of carbonyl (C=O) groups excluding carboxylic acids is 1. The number of hydrogen-bond acceptors (Lipinski definition) is 3. The maximum atomic E-state index is 11.2. The van der Waals surface area contributed by atoms with Crippen LogP contribution in [0.3, 0.4) is 0 Å². The van der Waals surface area contributed by atoms with Gasteiger partial charge in [0.1, 0.15) is 0 Å². The summed E-state index contributed by atoms with van der Waals surface area (Å²) in [6, 6.07) is 0.708. The first-order chi connectivity index (χ1) is 6.93. The highest BCUT2D eigenvalue weighted by molar-refractivity contribution is 5.81. The summed E-state index contributed by atoms with van der Waals surface area (Å²) >= 11 is 0. The fourth-order valence-electron chi connectivity index (χ4n) is 1.80. The van der Waals surface area contributed by atoms with Crippen molar-refractivity contribution in [3.05, 3.63) is 12.7 Å². The number of esters is 1. The minimum atomic E-state index is -0.354. The largest absolute Gasteiger partial charge is 0.443 e. The highest BCUT2D eigenvalue weighted by atomic mass is 16.6. The van der Waals surface area contributed by atoms with Gasteiger partial charge in [-0.1, -0.05) is 13.5 Å². The van der Waals surface area contributed by atoms with Crippen molar-refractivity contribution < 1.29 is 9.53 Å². The SMILES string of the molecule is C=CC(=O)OC(CC)N(C(C)C)C(C)C. The molecule has 0 saturated heterocycles. The van der Waals surface area contributed by atoms with Crippen LogP contribution < -0.4 is 0 Å². The van der Waals surface area contributed by atoms with Crippen LogP contribution in [0.2, 0.25) is 0 Å². The van der Waals surface area contributed by atoms with Gasteiger partial charge in [-0.2, -0.15) is 0 Å². The Morgan fingerprint density at radius 1 is 1.33 bits per heavy atom. The Morgan fingerprint density at radius 2 is 1.80 bits per heavy atom. The van der Waals surface area contributed by atoms with E-state index in [1.54, 1.807) is 0 Å². The van der Waals surface area contributed by atoms with Gasteiger partial charge in [-0.05, 0) is 34.1 Å². The van der Waals surface area contributed by atoms with Crippen LogP contribution in [0, 0.1) is 0 Å². The lowest BCUT2D eigenvalue weighted by atomic mass is 10.2. The molecule has 0 aliphatic rings. The van der Waals surface area contributed by atoms with Crippen LogP contribution in [0.5, 0.6) is 0 Å². The fraction of sp³-hybridized carbons (Fsp3) is 0.750. The molecule has 15 heavy (non-hydrogen) atoms. The van der Waals surface area contributed by atoms with E-state index in [1.807, 2.05) is 6.92 Å². The van der Waals surface area contributed by atoms with Crippen LogP contribution in [-0.4, -0.2) is 29.2 Å². The molecule has 1 atom stereocenters. The van der Waals surface area contributed by atoms with Gasteiger partial charge >= 0.3 is 5.97 Å². The van der Waals surface area contributed by atoms with Crippen LogP contribution in [0.15, 0.2) is 12.7 Å². The van der Waals surface area contributed by atoms with Gasteiger partial charge in [0.25, 0.3) is 0 Å². The Bertz CT molecular complexity index is 204. The molecule has 88 valence electrons. The molecule has 0 aliphatic heterocycles.